The van der Waals surface area contributed by atoms with Gasteiger partial charge in [0.2, 0.25) is 0 Å². The van der Waals surface area contributed by atoms with Gasteiger partial charge in [-0.2, -0.15) is 5.26 Å². The summed E-state index contributed by atoms with van der Waals surface area (Å²) in [7, 11) is 0. The van der Waals surface area contributed by atoms with Crippen LogP contribution in [0.4, 0.5) is 5.69 Å². The van der Waals surface area contributed by atoms with Crippen molar-refractivity contribution in [3.63, 3.8) is 0 Å². The number of anilines is 1. The number of aryl methyl sites for hydroxylation is 1. The summed E-state index contributed by atoms with van der Waals surface area (Å²) in [6, 6.07) is 18.7. The zero-order valence-corrected chi connectivity index (χ0v) is 25.9. The molecule has 7 rings (SSSR count). The van der Waals surface area contributed by atoms with Crippen LogP contribution in [0.1, 0.15) is 50.8 Å². The van der Waals surface area contributed by atoms with Gasteiger partial charge in [0.1, 0.15) is 28.7 Å². The van der Waals surface area contributed by atoms with Gasteiger partial charge in [0.05, 0.1) is 21.7 Å². The highest BCUT2D eigenvalue weighted by Crippen LogP contribution is 2.50. The fourth-order valence-corrected chi connectivity index (χ4v) is 7.61. The van der Waals surface area contributed by atoms with Crippen LogP contribution >= 0.6 is 11.3 Å². The van der Waals surface area contributed by atoms with Gasteiger partial charge >= 0.3 is 0 Å². The first kappa shape index (κ1) is 29.7. The topological polar surface area (TPSA) is 178 Å². The zero-order valence-electron chi connectivity index (χ0n) is 25.1. The van der Waals surface area contributed by atoms with Gasteiger partial charge in [-0.1, -0.05) is 36.4 Å². The molecule has 0 bridgehead atoms. The Hall–Kier alpha value is -5.02. The first-order valence-corrected chi connectivity index (χ1v) is 15.9. The molecule has 2 heterocycles. The number of carbonyl (C=O) groups excluding carboxylic acids is 3. The lowest BCUT2D eigenvalue weighted by molar-refractivity contribution is -0.131. The molecule has 3 aliphatic rings. The van der Waals surface area contributed by atoms with Gasteiger partial charge < -0.3 is 32.2 Å². The van der Waals surface area contributed by atoms with Crippen molar-refractivity contribution < 1.29 is 19.1 Å². The normalized spacial score (nSPS) is 21.1. The summed E-state index contributed by atoms with van der Waals surface area (Å²) in [6.07, 6.45) is 3.72. The number of ketones is 1. The largest absolute Gasteiger partial charge is 0.457 e. The number of hydrogen-bond donors (Lipinski definition) is 4. The molecule has 1 aromatic heterocycles. The Balaban J connectivity index is 1.18. The van der Waals surface area contributed by atoms with Crippen LogP contribution in [0, 0.1) is 24.2 Å². The first-order valence-electron chi connectivity index (χ1n) is 15.1. The van der Waals surface area contributed by atoms with E-state index in [-0.39, 0.29) is 35.5 Å². The van der Waals surface area contributed by atoms with Crippen LogP contribution in [0.25, 0.3) is 10.1 Å². The minimum Gasteiger partial charge on any atom is -0.457 e. The third kappa shape index (κ3) is 4.82. The molecule has 3 aromatic carbocycles. The van der Waals surface area contributed by atoms with Crippen molar-refractivity contribution in [3.8, 4) is 17.6 Å². The number of nitrogens with zero attached hydrogens (tertiary/aromatic N) is 2. The molecule has 2 amide bonds. The molecule has 4 aromatic rings. The van der Waals surface area contributed by atoms with Crippen LogP contribution in [-0.4, -0.2) is 41.6 Å². The van der Waals surface area contributed by atoms with Crippen LogP contribution in [0.5, 0.6) is 11.5 Å². The Labute approximate surface area is 269 Å². The number of likely N-dealkylation sites (tertiary alicyclic amines) is 1. The fourth-order valence-electron chi connectivity index (χ4n) is 6.41. The molecule has 0 spiro atoms. The summed E-state index contributed by atoms with van der Waals surface area (Å²) in [4.78, 5) is 42.4. The second kappa shape index (κ2) is 11.1. The van der Waals surface area contributed by atoms with Gasteiger partial charge in [0, 0.05) is 29.7 Å². The summed E-state index contributed by atoms with van der Waals surface area (Å²) in [5, 5.41) is 13.0. The number of amides is 2. The average molecular weight is 633 g/mol. The summed E-state index contributed by atoms with van der Waals surface area (Å²) in [6.45, 7) is 2.43. The maximum Gasteiger partial charge on any atom is 0.264 e. The maximum absolute atomic E-state index is 14.2. The highest BCUT2D eigenvalue weighted by atomic mass is 32.1. The van der Waals surface area contributed by atoms with Gasteiger partial charge in [0.15, 0.2) is 5.78 Å². The van der Waals surface area contributed by atoms with E-state index in [0.717, 1.165) is 18.4 Å². The molecule has 2 atom stereocenters. The molecule has 46 heavy (non-hydrogen) atoms. The van der Waals surface area contributed by atoms with Crippen molar-refractivity contribution in [2.24, 2.45) is 17.4 Å². The lowest BCUT2D eigenvalue weighted by Crippen LogP contribution is -2.61. The molecule has 1 saturated carbocycles. The Morgan fingerprint density at radius 2 is 1.80 bits per heavy atom. The van der Waals surface area contributed by atoms with E-state index in [1.165, 1.54) is 11.3 Å². The first-order chi connectivity index (χ1) is 22.1. The van der Waals surface area contributed by atoms with Crippen molar-refractivity contribution in [3.05, 3.63) is 99.4 Å². The summed E-state index contributed by atoms with van der Waals surface area (Å²) >= 11 is 1.18. The summed E-state index contributed by atoms with van der Waals surface area (Å²) < 4.78 is 6.62. The highest BCUT2D eigenvalue weighted by molar-refractivity contribution is 7.21. The second-order valence-corrected chi connectivity index (χ2v) is 13.2. The molecular weight excluding hydrogens is 600 g/mol. The number of thiophene rings is 1. The van der Waals surface area contributed by atoms with E-state index in [2.05, 4.69) is 5.32 Å². The monoisotopic (exact) mass is 632 g/mol. The molecule has 1 saturated heterocycles. The van der Waals surface area contributed by atoms with Gasteiger partial charge in [-0.3, -0.25) is 14.4 Å². The third-order valence-electron chi connectivity index (χ3n) is 9.00. The van der Waals surface area contributed by atoms with Crippen LogP contribution < -0.4 is 27.3 Å². The molecule has 2 aliphatic carbocycles. The number of nitrogen functional groups attached to an aromatic ring is 1. The summed E-state index contributed by atoms with van der Waals surface area (Å²) in [5.74, 6) is 0.412. The molecule has 11 heteroatoms. The van der Waals surface area contributed by atoms with Gasteiger partial charge in [-0.05, 0) is 72.7 Å². The smallest absolute Gasteiger partial charge is 0.264 e. The van der Waals surface area contributed by atoms with Gasteiger partial charge in [-0.25, -0.2) is 0 Å². The van der Waals surface area contributed by atoms with E-state index < -0.39 is 23.3 Å². The van der Waals surface area contributed by atoms with Crippen LogP contribution in [0.15, 0.2) is 72.3 Å². The van der Waals surface area contributed by atoms with E-state index in [4.69, 9.17) is 21.9 Å². The number of benzene rings is 3. The molecule has 232 valence electrons. The number of rotatable bonds is 7. The number of nitriles is 1. The molecule has 2 fully saturated rings. The van der Waals surface area contributed by atoms with Crippen molar-refractivity contribution >= 4 is 44.7 Å². The number of nitrogens with two attached hydrogens (primary N) is 3. The maximum atomic E-state index is 14.2. The molecule has 0 radical (unpaired) electrons. The molecular formula is C35H32N6O4S. The van der Waals surface area contributed by atoms with E-state index in [0.29, 0.717) is 49.9 Å². The van der Waals surface area contributed by atoms with Gasteiger partial charge in [0.25, 0.3) is 11.8 Å². The number of para-hydroxylation sites is 1. The predicted molar refractivity (Wildman–Crippen MR) is 175 cm³/mol. The number of hydrogen-bond acceptors (Lipinski definition) is 9. The van der Waals surface area contributed by atoms with Crippen LogP contribution in [-0.2, 0) is 15.1 Å². The Morgan fingerprint density at radius 1 is 1.09 bits per heavy atom. The van der Waals surface area contributed by atoms with E-state index in [1.807, 2.05) is 49.4 Å². The number of ether oxygens (including phenoxy) is 1. The second-order valence-electron chi connectivity index (χ2n) is 12.2. The standard InChI is InChI=1S/C35H32N6O4S/c1-18-13-23(45-22-5-3-2-4-6-22)9-10-24(18)35(39)25-11-12-26(37)30-27(25)28(29(38)32(35)42)31(46-30)33(43)40-21-16-41(17-21)34(44)20(15-36)14-19-7-8-19/h2-6,9-14,19,21,29H,7-8,16-17,37-39H2,1H3,(H,40,43)/b20-14+. The lowest BCUT2D eigenvalue weighted by atomic mass is 9.69. The average Bonchev–Trinajstić information content (AvgIpc) is 3.76. The van der Waals surface area contributed by atoms with Crippen LogP contribution in [0.3, 0.4) is 0 Å². The van der Waals surface area contributed by atoms with E-state index >= 15 is 0 Å². The molecule has 7 N–H and O–H groups in total. The predicted octanol–water partition coefficient (Wildman–Crippen LogP) is 4.17. The van der Waals surface area contributed by atoms with Crippen molar-refractivity contribution in [1.82, 2.24) is 10.2 Å². The van der Waals surface area contributed by atoms with Crippen molar-refractivity contribution in [2.75, 3.05) is 18.8 Å². The van der Waals surface area contributed by atoms with E-state index in [1.54, 1.807) is 35.2 Å². The number of Topliss-reactive ketones (excluding diaryl/α,β-unsaturated/α-hetero) is 1. The molecule has 1 aliphatic heterocycles. The third-order valence-corrected chi connectivity index (χ3v) is 10.3. The quantitative estimate of drug-likeness (QED) is 0.133. The Morgan fingerprint density at radius 3 is 2.48 bits per heavy atom. The zero-order chi connectivity index (χ0) is 32.3. The van der Waals surface area contributed by atoms with Gasteiger partial charge in [-0.15, -0.1) is 11.3 Å². The SMILES string of the molecule is Cc1cc(Oc2ccccc2)ccc1C1(N)C(=O)C(N)c2c(C(=O)NC3CN(C(=O)/C(C#N)=C/C4CC4)C3)sc3c(N)ccc1c23. The van der Waals surface area contributed by atoms with Crippen molar-refractivity contribution in [2.45, 2.75) is 37.4 Å². The lowest BCUT2D eigenvalue weighted by Gasteiger charge is -2.39. The number of carbonyl (C=O) groups is 3. The minimum absolute atomic E-state index is 0.146. The summed E-state index contributed by atoms with van der Waals surface area (Å²) in [5.41, 5.74) is 21.4. The molecule has 10 nitrogen and oxygen atoms in total. The number of allylic oxidation sites excluding steroid dienone is 1. The highest BCUT2D eigenvalue weighted by Gasteiger charge is 2.49. The Bertz CT molecular complexity index is 2000. The minimum atomic E-state index is -1.59. The molecule has 2 unspecified atom stereocenters. The van der Waals surface area contributed by atoms with E-state index in [9.17, 15) is 19.6 Å². The van der Waals surface area contributed by atoms with Crippen molar-refractivity contribution in [1.29, 1.82) is 5.26 Å². The Kier molecular flexibility index (Phi) is 7.16. The number of nitrogens with one attached hydrogen (secondary N) is 1. The fraction of sp³-hybridized carbons (Fsp3) is 0.257. The van der Waals surface area contributed by atoms with Crippen LogP contribution in [0.2, 0.25) is 0 Å².